The minimum absolute atomic E-state index is 0.0377. The number of carboxylic acid groups (broad SMARTS) is 2. The van der Waals surface area contributed by atoms with E-state index in [9.17, 15) is 9.59 Å². The minimum atomic E-state index is -0.968. The van der Waals surface area contributed by atoms with E-state index < -0.39 is 11.9 Å². The van der Waals surface area contributed by atoms with Crippen LogP contribution in [0.1, 0.15) is 0 Å². The molecule has 6 nitrogen and oxygen atoms in total. The highest BCUT2D eigenvalue weighted by molar-refractivity contribution is 5.72. The number of nitrogens with two attached hydrogens (primary N) is 1. The standard InChI is InChI=1S/C8H9NO2.C2H5NO2/c10-8(11)6-9-7-4-2-1-3-5-7;3-1-2(4)5/h1-5,9H,6H2,(H,10,11);1,3H2,(H,4,5). The number of benzene rings is 1. The van der Waals surface area contributed by atoms with Gasteiger partial charge in [-0.25, -0.2) is 0 Å². The van der Waals surface area contributed by atoms with Crippen LogP contribution >= 0.6 is 0 Å². The van der Waals surface area contributed by atoms with E-state index in [4.69, 9.17) is 10.2 Å². The second-order valence-electron chi connectivity index (χ2n) is 2.71. The van der Waals surface area contributed by atoms with Crippen LogP contribution in [-0.4, -0.2) is 35.2 Å². The van der Waals surface area contributed by atoms with Crippen molar-refractivity contribution in [1.82, 2.24) is 0 Å². The second-order valence-corrected chi connectivity index (χ2v) is 2.71. The summed E-state index contributed by atoms with van der Waals surface area (Å²) in [5.74, 6) is -1.82. The normalized spacial score (nSPS) is 8.56. The van der Waals surface area contributed by atoms with Crippen LogP contribution in [0.5, 0.6) is 0 Å². The molecule has 1 aromatic rings. The SMILES string of the molecule is NCC(=O)O.O=C(O)CNc1ccccc1. The molecule has 0 aliphatic rings. The minimum Gasteiger partial charge on any atom is -0.480 e. The number of nitrogens with one attached hydrogen (secondary N) is 1. The summed E-state index contributed by atoms with van der Waals surface area (Å²) >= 11 is 0. The molecule has 0 bridgehead atoms. The Morgan fingerprint density at radius 3 is 2.00 bits per heavy atom. The fourth-order valence-corrected chi connectivity index (χ4v) is 0.734. The van der Waals surface area contributed by atoms with Gasteiger partial charge in [0.15, 0.2) is 0 Å². The van der Waals surface area contributed by atoms with E-state index in [1.165, 1.54) is 0 Å². The molecular weight excluding hydrogens is 212 g/mol. The average Bonchev–Trinajstić information content (AvgIpc) is 2.28. The van der Waals surface area contributed by atoms with Crippen molar-refractivity contribution < 1.29 is 19.8 Å². The predicted molar refractivity (Wildman–Crippen MR) is 59.3 cm³/mol. The third-order valence-corrected chi connectivity index (χ3v) is 1.39. The number of hydrogen-bond donors (Lipinski definition) is 4. The molecule has 0 fully saturated rings. The number of rotatable bonds is 4. The van der Waals surface area contributed by atoms with Gasteiger partial charge in [0.05, 0.1) is 6.54 Å². The van der Waals surface area contributed by atoms with Crippen molar-refractivity contribution in [2.24, 2.45) is 5.73 Å². The Bertz CT molecular complexity index is 327. The largest absolute Gasteiger partial charge is 0.480 e. The lowest BCUT2D eigenvalue weighted by atomic mass is 10.3. The number of aliphatic carboxylic acids is 2. The summed E-state index contributed by atoms with van der Waals surface area (Å²) in [6, 6.07) is 9.23. The average molecular weight is 226 g/mol. The first kappa shape index (κ1) is 13.9. The third kappa shape index (κ3) is 8.52. The molecule has 0 radical (unpaired) electrons. The van der Waals surface area contributed by atoms with E-state index >= 15 is 0 Å². The van der Waals surface area contributed by atoms with Crippen LogP contribution in [0, 0.1) is 0 Å². The smallest absolute Gasteiger partial charge is 0.322 e. The molecule has 0 saturated carbocycles. The first-order chi connectivity index (χ1) is 7.56. The zero-order valence-electron chi connectivity index (χ0n) is 8.59. The first-order valence-corrected chi connectivity index (χ1v) is 4.49. The quantitative estimate of drug-likeness (QED) is 0.584. The second kappa shape index (κ2) is 8.25. The van der Waals surface area contributed by atoms with Crippen LogP contribution in [0.15, 0.2) is 30.3 Å². The van der Waals surface area contributed by atoms with Crippen molar-refractivity contribution in [2.45, 2.75) is 0 Å². The molecular formula is C10H14N2O4. The highest BCUT2D eigenvalue weighted by atomic mass is 16.4. The molecule has 5 N–H and O–H groups in total. The number of hydrogen-bond acceptors (Lipinski definition) is 4. The van der Waals surface area contributed by atoms with E-state index in [1.54, 1.807) is 0 Å². The zero-order chi connectivity index (χ0) is 12.4. The maximum atomic E-state index is 10.1. The molecule has 16 heavy (non-hydrogen) atoms. The van der Waals surface area contributed by atoms with Crippen LogP contribution in [0.2, 0.25) is 0 Å². The van der Waals surface area contributed by atoms with E-state index in [1.807, 2.05) is 30.3 Å². The summed E-state index contributed by atoms with van der Waals surface area (Å²) < 4.78 is 0. The molecule has 1 rings (SSSR count). The molecule has 0 heterocycles. The maximum Gasteiger partial charge on any atom is 0.322 e. The van der Waals surface area contributed by atoms with Gasteiger partial charge in [-0.3, -0.25) is 9.59 Å². The van der Waals surface area contributed by atoms with Gasteiger partial charge in [-0.05, 0) is 12.1 Å². The molecule has 1 aromatic carbocycles. The highest BCUT2D eigenvalue weighted by Gasteiger charge is 1.94. The summed E-state index contributed by atoms with van der Waals surface area (Å²) in [7, 11) is 0. The topological polar surface area (TPSA) is 113 Å². The van der Waals surface area contributed by atoms with Crippen molar-refractivity contribution in [3.63, 3.8) is 0 Å². The van der Waals surface area contributed by atoms with Gasteiger partial charge in [0.1, 0.15) is 6.54 Å². The number of carboxylic acids is 2. The van der Waals surface area contributed by atoms with E-state index in [-0.39, 0.29) is 13.1 Å². The van der Waals surface area contributed by atoms with Crippen LogP contribution in [0.4, 0.5) is 5.69 Å². The van der Waals surface area contributed by atoms with Crippen LogP contribution < -0.4 is 11.1 Å². The molecule has 0 unspecified atom stereocenters. The summed E-state index contributed by atoms with van der Waals surface area (Å²) in [5, 5.41) is 18.7. The Balaban J connectivity index is 0.000000385. The number of para-hydroxylation sites is 1. The fourth-order valence-electron chi connectivity index (χ4n) is 0.734. The van der Waals surface area contributed by atoms with Gasteiger partial charge in [0, 0.05) is 5.69 Å². The van der Waals surface area contributed by atoms with Crippen molar-refractivity contribution in [2.75, 3.05) is 18.4 Å². The molecule has 0 spiro atoms. The van der Waals surface area contributed by atoms with Crippen molar-refractivity contribution in [3.8, 4) is 0 Å². The molecule has 0 aliphatic heterocycles. The van der Waals surface area contributed by atoms with Gasteiger partial charge >= 0.3 is 11.9 Å². The molecule has 88 valence electrons. The molecule has 0 aromatic heterocycles. The molecule has 6 heteroatoms. The molecule has 0 aliphatic carbocycles. The lowest BCUT2D eigenvalue weighted by molar-refractivity contribution is -0.136. The summed E-state index contributed by atoms with van der Waals surface area (Å²) in [6.45, 7) is -0.315. The maximum absolute atomic E-state index is 10.1. The van der Waals surface area contributed by atoms with E-state index in [0.717, 1.165) is 5.69 Å². The monoisotopic (exact) mass is 226 g/mol. The Labute approximate surface area is 92.7 Å². The fraction of sp³-hybridized carbons (Fsp3) is 0.200. The van der Waals surface area contributed by atoms with Gasteiger partial charge in [-0.15, -0.1) is 0 Å². The van der Waals surface area contributed by atoms with Crippen LogP contribution in [-0.2, 0) is 9.59 Å². The lowest BCUT2D eigenvalue weighted by Gasteiger charge is -2.00. The van der Waals surface area contributed by atoms with E-state index in [2.05, 4.69) is 11.1 Å². The molecule has 0 amide bonds. The number of carbonyl (C=O) groups is 2. The molecule has 0 atom stereocenters. The highest BCUT2D eigenvalue weighted by Crippen LogP contribution is 2.03. The van der Waals surface area contributed by atoms with Gasteiger partial charge < -0.3 is 21.3 Å². The predicted octanol–water partition coefficient (Wildman–Crippen LogP) is 0.213. The lowest BCUT2D eigenvalue weighted by Crippen LogP contribution is -2.11. The summed E-state index contributed by atoms with van der Waals surface area (Å²) in [4.78, 5) is 19.4. The Kier molecular flexibility index (Phi) is 7.17. The summed E-state index contributed by atoms with van der Waals surface area (Å²) in [6.07, 6.45) is 0. The Morgan fingerprint density at radius 2 is 1.62 bits per heavy atom. The summed E-state index contributed by atoms with van der Waals surface area (Å²) in [5.41, 5.74) is 5.40. The zero-order valence-corrected chi connectivity index (χ0v) is 8.59. The van der Waals surface area contributed by atoms with Gasteiger partial charge in [0.2, 0.25) is 0 Å². The van der Waals surface area contributed by atoms with Crippen molar-refractivity contribution >= 4 is 17.6 Å². The third-order valence-electron chi connectivity index (χ3n) is 1.39. The van der Waals surface area contributed by atoms with Crippen molar-refractivity contribution in [1.29, 1.82) is 0 Å². The van der Waals surface area contributed by atoms with Gasteiger partial charge in [0.25, 0.3) is 0 Å². The number of anilines is 1. The van der Waals surface area contributed by atoms with Gasteiger partial charge in [-0.1, -0.05) is 18.2 Å². The molecule has 0 saturated heterocycles. The first-order valence-electron chi connectivity index (χ1n) is 4.49. The van der Waals surface area contributed by atoms with Crippen LogP contribution in [0.3, 0.4) is 0 Å². The van der Waals surface area contributed by atoms with Gasteiger partial charge in [-0.2, -0.15) is 0 Å². The van der Waals surface area contributed by atoms with Crippen molar-refractivity contribution in [3.05, 3.63) is 30.3 Å². The Hall–Kier alpha value is -2.08. The van der Waals surface area contributed by atoms with Crippen LogP contribution in [0.25, 0.3) is 0 Å². The van der Waals surface area contributed by atoms with E-state index in [0.29, 0.717) is 0 Å². The Morgan fingerprint density at radius 1 is 1.12 bits per heavy atom.